The molecular weight excluding hydrogens is 322 g/mol. The Hall–Kier alpha value is -1.15. The molecule has 3 rings (SSSR count). The summed E-state index contributed by atoms with van der Waals surface area (Å²) in [6.07, 6.45) is 0. The highest BCUT2D eigenvalue weighted by Gasteiger charge is 2.18. The number of nitrogens with zero attached hydrogens (tertiary/aromatic N) is 2. The third-order valence-corrected chi connectivity index (χ3v) is 5.03. The van der Waals surface area contributed by atoms with Crippen LogP contribution in [0.25, 0.3) is 10.2 Å². The van der Waals surface area contributed by atoms with Crippen molar-refractivity contribution in [3.05, 3.63) is 22.2 Å². The topological polar surface area (TPSA) is 87.0 Å². The molecule has 22 heavy (non-hydrogen) atoms. The van der Waals surface area contributed by atoms with Gasteiger partial charge in [0.1, 0.15) is 10.5 Å². The second-order valence-electron chi connectivity index (χ2n) is 5.76. The van der Waals surface area contributed by atoms with Crippen LogP contribution in [0.5, 0.6) is 0 Å². The molecule has 0 aromatic carbocycles. The molecule has 1 atom stereocenters. The number of thiophene rings is 1. The number of rotatable bonds is 3. The molecule has 1 saturated heterocycles. The third kappa shape index (κ3) is 3.27. The first-order chi connectivity index (χ1) is 10.1. The summed E-state index contributed by atoms with van der Waals surface area (Å²) < 4.78 is 0.684. The Morgan fingerprint density at radius 1 is 1.36 bits per heavy atom. The van der Waals surface area contributed by atoms with Crippen LogP contribution in [-0.4, -0.2) is 36.1 Å². The predicted molar refractivity (Wildman–Crippen MR) is 94.3 cm³/mol. The van der Waals surface area contributed by atoms with Gasteiger partial charge in [-0.3, -0.25) is 4.79 Å². The number of anilines is 1. The van der Waals surface area contributed by atoms with E-state index in [0.29, 0.717) is 10.5 Å². The molecule has 2 aromatic rings. The van der Waals surface area contributed by atoms with Gasteiger partial charge in [-0.05, 0) is 12.0 Å². The van der Waals surface area contributed by atoms with Gasteiger partial charge in [0.05, 0.1) is 16.6 Å². The normalized spacial score (nSPS) is 16.8. The van der Waals surface area contributed by atoms with Gasteiger partial charge in [-0.25, -0.2) is 4.98 Å². The minimum absolute atomic E-state index is 0. The van der Waals surface area contributed by atoms with E-state index in [1.165, 1.54) is 11.3 Å². The molecule has 2 aromatic heterocycles. The number of aromatic nitrogens is 2. The Balaban J connectivity index is 0.00000176. The minimum atomic E-state index is -0.246. The number of fused-ring (bicyclic) bond motifs is 1. The van der Waals surface area contributed by atoms with E-state index in [4.69, 9.17) is 5.73 Å². The summed E-state index contributed by atoms with van der Waals surface area (Å²) in [7, 11) is 0. The zero-order valence-electron chi connectivity index (χ0n) is 12.8. The maximum absolute atomic E-state index is 12.3. The molecule has 0 aliphatic carbocycles. The quantitative estimate of drug-likeness (QED) is 0.785. The largest absolute Gasteiger partial charge is 0.361 e. The highest BCUT2D eigenvalue weighted by Crippen LogP contribution is 2.30. The maximum atomic E-state index is 12.3. The molecule has 3 heterocycles. The van der Waals surface area contributed by atoms with E-state index in [2.05, 4.69) is 20.2 Å². The van der Waals surface area contributed by atoms with Crippen LogP contribution in [0.1, 0.15) is 25.7 Å². The standard InChI is InChI=1S/C14H21N5OS.ClH/c1-8(2)11(15)13-17-9-7-10(19-5-3-16-4-6-19)21-12(9)14(20)18-13;/h7-8,11,16H,3-6,15H2,1-2H3,(H,17,18,20);1H. The Bertz CT molecular complexity index is 692. The number of nitrogens with two attached hydrogens (primary N) is 1. The van der Waals surface area contributed by atoms with Crippen LogP contribution >= 0.6 is 23.7 Å². The molecule has 4 N–H and O–H groups in total. The number of halogens is 1. The highest BCUT2D eigenvalue weighted by atomic mass is 35.5. The van der Waals surface area contributed by atoms with Crippen molar-refractivity contribution in [2.45, 2.75) is 19.9 Å². The second kappa shape index (κ2) is 6.95. The molecular formula is C14H22ClN5OS. The minimum Gasteiger partial charge on any atom is -0.361 e. The molecule has 1 unspecified atom stereocenters. The molecule has 6 nitrogen and oxygen atoms in total. The van der Waals surface area contributed by atoms with E-state index in [1.807, 2.05) is 19.9 Å². The molecule has 8 heteroatoms. The van der Waals surface area contributed by atoms with Crippen molar-refractivity contribution in [2.75, 3.05) is 31.1 Å². The summed E-state index contributed by atoms with van der Waals surface area (Å²) in [5.41, 5.74) is 6.77. The lowest BCUT2D eigenvalue weighted by Gasteiger charge is -2.27. The van der Waals surface area contributed by atoms with E-state index in [1.54, 1.807) is 0 Å². The lowest BCUT2D eigenvalue weighted by atomic mass is 10.1. The molecule has 0 spiro atoms. The molecule has 1 aliphatic rings. The lowest BCUT2D eigenvalue weighted by molar-refractivity contribution is 0.491. The molecule has 0 bridgehead atoms. The molecule has 1 fully saturated rings. The number of nitrogens with one attached hydrogen (secondary N) is 2. The first-order valence-electron chi connectivity index (χ1n) is 7.31. The fourth-order valence-corrected chi connectivity index (χ4v) is 3.50. The van der Waals surface area contributed by atoms with Crippen LogP contribution in [0.4, 0.5) is 5.00 Å². The number of piperazine rings is 1. The smallest absolute Gasteiger partial charge is 0.268 e. The van der Waals surface area contributed by atoms with Crippen molar-refractivity contribution in [3.63, 3.8) is 0 Å². The molecule has 0 saturated carbocycles. The van der Waals surface area contributed by atoms with E-state index in [-0.39, 0.29) is 29.9 Å². The molecule has 1 aliphatic heterocycles. The van der Waals surface area contributed by atoms with E-state index < -0.39 is 0 Å². The fraction of sp³-hybridized carbons (Fsp3) is 0.571. The fourth-order valence-electron chi connectivity index (χ4n) is 2.46. The zero-order valence-corrected chi connectivity index (χ0v) is 14.4. The lowest BCUT2D eigenvalue weighted by Crippen LogP contribution is -2.43. The Morgan fingerprint density at radius 3 is 2.68 bits per heavy atom. The molecule has 122 valence electrons. The summed E-state index contributed by atoms with van der Waals surface area (Å²) >= 11 is 1.51. The van der Waals surface area contributed by atoms with Crippen molar-refractivity contribution in [1.82, 2.24) is 15.3 Å². The summed E-state index contributed by atoms with van der Waals surface area (Å²) in [5.74, 6) is 0.809. The van der Waals surface area contributed by atoms with E-state index >= 15 is 0 Å². The molecule has 0 amide bonds. The van der Waals surface area contributed by atoms with Gasteiger partial charge in [0.25, 0.3) is 5.56 Å². The number of hydrogen-bond acceptors (Lipinski definition) is 6. The van der Waals surface area contributed by atoms with Crippen LogP contribution in [0.15, 0.2) is 10.9 Å². The molecule has 0 radical (unpaired) electrons. The van der Waals surface area contributed by atoms with Crippen molar-refractivity contribution in [3.8, 4) is 0 Å². The first-order valence-corrected chi connectivity index (χ1v) is 8.13. The van der Waals surface area contributed by atoms with Crippen molar-refractivity contribution in [1.29, 1.82) is 0 Å². The Morgan fingerprint density at radius 2 is 2.05 bits per heavy atom. The van der Waals surface area contributed by atoms with Gasteiger partial charge in [-0.15, -0.1) is 23.7 Å². The third-order valence-electron chi connectivity index (χ3n) is 3.85. The average Bonchev–Trinajstić information content (AvgIpc) is 2.92. The van der Waals surface area contributed by atoms with Crippen molar-refractivity contribution in [2.24, 2.45) is 11.7 Å². The van der Waals surface area contributed by atoms with Gasteiger partial charge < -0.3 is 20.9 Å². The van der Waals surface area contributed by atoms with Crippen LogP contribution in [0.2, 0.25) is 0 Å². The van der Waals surface area contributed by atoms with Gasteiger partial charge in [-0.1, -0.05) is 13.8 Å². The highest BCUT2D eigenvalue weighted by molar-refractivity contribution is 7.22. The Kier molecular flexibility index (Phi) is 5.44. The zero-order chi connectivity index (χ0) is 15.0. The van der Waals surface area contributed by atoms with Gasteiger partial charge in [0.15, 0.2) is 0 Å². The van der Waals surface area contributed by atoms with Crippen LogP contribution in [0, 0.1) is 5.92 Å². The SMILES string of the molecule is CC(C)C(N)c1nc2cc(N3CCNCC3)sc2c(=O)[nH]1.Cl. The van der Waals surface area contributed by atoms with Crippen molar-refractivity contribution >= 4 is 39.0 Å². The number of hydrogen-bond donors (Lipinski definition) is 3. The van der Waals surface area contributed by atoms with Crippen molar-refractivity contribution < 1.29 is 0 Å². The van der Waals surface area contributed by atoms with E-state index in [9.17, 15) is 4.79 Å². The first kappa shape index (κ1) is 17.2. The van der Waals surface area contributed by atoms with E-state index in [0.717, 1.165) is 36.7 Å². The monoisotopic (exact) mass is 343 g/mol. The van der Waals surface area contributed by atoms with Crippen LogP contribution in [0.3, 0.4) is 0 Å². The number of H-pyrrole nitrogens is 1. The van der Waals surface area contributed by atoms with Gasteiger partial charge in [0, 0.05) is 26.2 Å². The maximum Gasteiger partial charge on any atom is 0.268 e. The number of aromatic amines is 1. The average molecular weight is 344 g/mol. The summed E-state index contributed by atoms with van der Waals surface area (Å²) in [6.45, 7) is 7.92. The summed E-state index contributed by atoms with van der Waals surface area (Å²) in [4.78, 5) is 21.9. The Labute approximate surface area is 139 Å². The van der Waals surface area contributed by atoms with Gasteiger partial charge in [0.2, 0.25) is 0 Å². The van der Waals surface area contributed by atoms with Gasteiger partial charge in [-0.2, -0.15) is 0 Å². The van der Waals surface area contributed by atoms with Crippen LogP contribution < -0.4 is 21.5 Å². The van der Waals surface area contributed by atoms with Crippen LogP contribution in [-0.2, 0) is 0 Å². The summed E-state index contributed by atoms with van der Waals surface area (Å²) in [6, 6.07) is 1.77. The second-order valence-corrected chi connectivity index (χ2v) is 6.79. The van der Waals surface area contributed by atoms with Gasteiger partial charge >= 0.3 is 0 Å². The predicted octanol–water partition coefficient (Wildman–Crippen LogP) is 1.47. The summed E-state index contributed by atoms with van der Waals surface area (Å²) in [5, 5.41) is 4.44.